The van der Waals surface area contributed by atoms with E-state index in [0.717, 1.165) is 11.8 Å². The third-order valence-corrected chi connectivity index (χ3v) is 2.84. The van der Waals surface area contributed by atoms with Crippen LogP contribution in [0.25, 0.3) is 0 Å². The van der Waals surface area contributed by atoms with Crippen molar-refractivity contribution < 1.29 is 9.53 Å². The maximum atomic E-state index is 10.6. The van der Waals surface area contributed by atoms with E-state index < -0.39 is 0 Å². The van der Waals surface area contributed by atoms with Gasteiger partial charge in [0.05, 0.1) is 11.6 Å². The molecule has 0 bridgehead atoms. The Morgan fingerprint density at radius 2 is 1.74 bits per heavy atom. The molecule has 0 aliphatic rings. The lowest BCUT2D eigenvalue weighted by atomic mass is 10.1. The van der Waals surface area contributed by atoms with Crippen LogP contribution >= 0.6 is 0 Å². The molecule has 0 N–H and O–H groups in total. The van der Waals surface area contributed by atoms with E-state index in [9.17, 15) is 4.79 Å². The summed E-state index contributed by atoms with van der Waals surface area (Å²) in [5.74, 6) is 0.714. The summed E-state index contributed by atoms with van der Waals surface area (Å²) in [6, 6.07) is 16.3. The van der Waals surface area contributed by atoms with Crippen molar-refractivity contribution in [3.05, 3.63) is 65.2 Å². The number of nitrogens with zero attached hydrogens (tertiary/aromatic N) is 1. The van der Waals surface area contributed by atoms with Crippen molar-refractivity contribution in [2.24, 2.45) is 0 Å². The molecule has 0 spiro atoms. The number of ether oxygens (including phenoxy) is 1. The molecule has 19 heavy (non-hydrogen) atoms. The Morgan fingerprint density at radius 3 is 2.26 bits per heavy atom. The third kappa shape index (κ3) is 3.20. The minimum absolute atomic E-state index is 0.117. The normalized spacial score (nSPS) is 11.4. The number of nitriles is 1. The number of hydrogen-bond acceptors (Lipinski definition) is 3. The average Bonchev–Trinajstić information content (AvgIpc) is 2.48. The smallest absolute Gasteiger partial charge is 0.150 e. The van der Waals surface area contributed by atoms with Gasteiger partial charge in [-0.3, -0.25) is 4.79 Å². The van der Waals surface area contributed by atoms with Gasteiger partial charge in [0.1, 0.15) is 18.1 Å². The number of carbonyl (C=O) groups excluding carboxylic acids is 1. The third-order valence-electron chi connectivity index (χ3n) is 2.84. The second-order valence-electron chi connectivity index (χ2n) is 4.18. The molecule has 0 aliphatic heterocycles. The molecule has 0 radical (unpaired) electrons. The Hall–Kier alpha value is -2.60. The van der Waals surface area contributed by atoms with Gasteiger partial charge in [-0.15, -0.1) is 0 Å². The summed E-state index contributed by atoms with van der Waals surface area (Å²) in [7, 11) is 0. The molecule has 3 nitrogen and oxygen atoms in total. The van der Waals surface area contributed by atoms with Gasteiger partial charge in [-0.2, -0.15) is 5.26 Å². The van der Waals surface area contributed by atoms with E-state index in [1.165, 1.54) is 0 Å². The predicted octanol–water partition coefficient (Wildman–Crippen LogP) is 3.51. The summed E-state index contributed by atoms with van der Waals surface area (Å²) in [5.41, 5.74) is 2.25. The van der Waals surface area contributed by atoms with Crippen molar-refractivity contribution in [2.45, 2.75) is 13.0 Å². The zero-order valence-electron chi connectivity index (χ0n) is 10.5. The molecule has 2 rings (SSSR count). The molecule has 2 aromatic rings. The van der Waals surface area contributed by atoms with E-state index in [1.54, 1.807) is 36.4 Å². The van der Waals surface area contributed by atoms with E-state index in [4.69, 9.17) is 10.00 Å². The molecule has 2 aromatic carbocycles. The first-order valence-corrected chi connectivity index (χ1v) is 5.95. The fraction of sp³-hybridized carbons (Fsp3) is 0.125. The predicted molar refractivity (Wildman–Crippen MR) is 72.0 cm³/mol. The quantitative estimate of drug-likeness (QED) is 0.781. The second-order valence-corrected chi connectivity index (χ2v) is 4.18. The van der Waals surface area contributed by atoms with E-state index in [0.29, 0.717) is 16.9 Å². The molecule has 1 atom stereocenters. The first-order valence-electron chi connectivity index (χ1n) is 5.95. The Morgan fingerprint density at radius 1 is 1.11 bits per heavy atom. The molecule has 0 heterocycles. The molecule has 94 valence electrons. The Balaban J connectivity index is 2.08. The molecular weight excluding hydrogens is 238 g/mol. The molecule has 0 saturated heterocycles. The standard InChI is InChI=1S/C16H13NO2/c1-12(15-6-2-14(11-18)3-7-15)19-16-8-4-13(10-17)5-9-16/h2-9,11-12H,1H3. The Bertz CT molecular complexity index is 594. The molecule has 0 aromatic heterocycles. The maximum Gasteiger partial charge on any atom is 0.150 e. The lowest BCUT2D eigenvalue weighted by molar-refractivity contribution is 0.112. The summed E-state index contributed by atoms with van der Waals surface area (Å²) in [4.78, 5) is 10.6. The monoisotopic (exact) mass is 251 g/mol. The van der Waals surface area contributed by atoms with Gasteiger partial charge in [0.15, 0.2) is 0 Å². The first kappa shape index (κ1) is 12.8. The molecule has 0 aliphatic carbocycles. The molecule has 3 heteroatoms. The maximum absolute atomic E-state index is 10.6. The topological polar surface area (TPSA) is 50.1 Å². The van der Waals surface area contributed by atoms with Gasteiger partial charge in [0, 0.05) is 5.56 Å². The van der Waals surface area contributed by atoms with Crippen LogP contribution in [-0.2, 0) is 0 Å². The number of rotatable bonds is 4. The zero-order chi connectivity index (χ0) is 13.7. The lowest BCUT2D eigenvalue weighted by Crippen LogP contribution is -2.03. The van der Waals surface area contributed by atoms with E-state index in [1.807, 2.05) is 19.1 Å². The summed E-state index contributed by atoms with van der Waals surface area (Å²) >= 11 is 0. The van der Waals surface area contributed by atoms with E-state index in [2.05, 4.69) is 6.07 Å². The van der Waals surface area contributed by atoms with Gasteiger partial charge in [0.25, 0.3) is 0 Å². The highest BCUT2D eigenvalue weighted by molar-refractivity contribution is 5.74. The summed E-state index contributed by atoms with van der Waals surface area (Å²) < 4.78 is 5.78. The van der Waals surface area contributed by atoms with Gasteiger partial charge in [-0.1, -0.05) is 24.3 Å². The largest absolute Gasteiger partial charge is 0.486 e. The molecule has 0 fully saturated rings. The zero-order valence-corrected chi connectivity index (χ0v) is 10.5. The molecule has 0 amide bonds. The summed E-state index contributed by atoms with van der Waals surface area (Å²) in [5, 5.41) is 8.72. The van der Waals surface area contributed by atoms with Gasteiger partial charge in [-0.25, -0.2) is 0 Å². The van der Waals surface area contributed by atoms with Gasteiger partial charge >= 0.3 is 0 Å². The molecular formula is C16H13NO2. The second kappa shape index (κ2) is 5.83. The first-order chi connectivity index (χ1) is 9.22. The highest BCUT2D eigenvalue weighted by atomic mass is 16.5. The van der Waals surface area contributed by atoms with E-state index >= 15 is 0 Å². The lowest BCUT2D eigenvalue weighted by Gasteiger charge is -2.15. The van der Waals surface area contributed by atoms with Crippen molar-refractivity contribution in [2.75, 3.05) is 0 Å². The van der Waals surface area contributed by atoms with Crippen LogP contribution in [0.3, 0.4) is 0 Å². The summed E-state index contributed by atoms with van der Waals surface area (Å²) in [6.07, 6.45) is 0.698. The fourth-order valence-corrected chi connectivity index (χ4v) is 1.73. The van der Waals surface area contributed by atoms with Crippen LogP contribution in [0.2, 0.25) is 0 Å². The van der Waals surface area contributed by atoms with Crippen molar-refractivity contribution in [1.82, 2.24) is 0 Å². The summed E-state index contributed by atoms with van der Waals surface area (Å²) in [6.45, 7) is 1.94. The number of aldehydes is 1. The van der Waals surface area contributed by atoms with Crippen LogP contribution in [0.1, 0.15) is 34.5 Å². The number of benzene rings is 2. The van der Waals surface area contributed by atoms with Crippen LogP contribution in [0.15, 0.2) is 48.5 Å². The SMILES string of the molecule is CC(Oc1ccc(C#N)cc1)c1ccc(C=O)cc1. The number of carbonyl (C=O) groups is 1. The van der Waals surface area contributed by atoms with Gasteiger partial charge < -0.3 is 4.74 Å². The highest BCUT2D eigenvalue weighted by Crippen LogP contribution is 2.22. The minimum Gasteiger partial charge on any atom is -0.486 e. The van der Waals surface area contributed by atoms with Crippen LogP contribution in [0.4, 0.5) is 0 Å². The van der Waals surface area contributed by atoms with Gasteiger partial charge in [-0.05, 0) is 36.8 Å². The van der Waals surface area contributed by atoms with Crippen molar-refractivity contribution in [3.63, 3.8) is 0 Å². The Labute approximate surface area is 112 Å². The van der Waals surface area contributed by atoms with Crippen LogP contribution in [0, 0.1) is 11.3 Å². The average molecular weight is 251 g/mol. The van der Waals surface area contributed by atoms with Crippen molar-refractivity contribution in [3.8, 4) is 11.8 Å². The van der Waals surface area contributed by atoms with Crippen LogP contribution < -0.4 is 4.74 Å². The molecule has 0 saturated carbocycles. The minimum atomic E-state index is -0.117. The van der Waals surface area contributed by atoms with E-state index in [-0.39, 0.29) is 6.10 Å². The molecule has 1 unspecified atom stereocenters. The van der Waals surface area contributed by atoms with Crippen molar-refractivity contribution >= 4 is 6.29 Å². The highest BCUT2D eigenvalue weighted by Gasteiger charge is 2.07. The Kier molecular flexibility index (Phi) is 3.94. The fourth-order valence-electron chi connectivity index (χ4n) is 1.73. The van der Waals surface area contributed by atoms with Crippen molar-refractivity contribution in [1.29, 1.82) is 5.26 Å². The number of hydrogen-bond donors (Lipinski definition) is 0. The van der Waals surface area contributed by atoms with Crippen LogP contribution in [0.5, 0.6) is 5.75 Å². The van der Waals surface area contributed by atoms with Crippen LogP contribution in [-0.4, -0.2) is 6.29 Å². The van der Waals surface area contributed by atoms with Gasteiger partial charge in [0.2, 0.25) is 0 Å².